The van der Waals surface area contributed by atoms with Gasteiger partial charge in [0, 0.05) is 19.3 Å². The minimum atomic E-state index is -0.171. The van der Waals surface area contributed by atoms with Gasteiger partial charge in [-0.15, -0.1) is 11.3 Å². The maximum Gasteiger partial charge on any atom is 0.267 e. The van der Waals surface area contributed by atoms with Gasteiger partial charge in [0.1, 0.15) is 22.3 Å². The zero-order valence-corrected chi connectivity index (χ0v) is 15.5. The normalized spacial score (nSPS) is 14.6. The maximum atomic E-state index is 12.8. The average Bonchev–Trinajstić information content (AvgIpc) is 2.99. The predicted molar refractivity (Wildman–Crippen MR) is 102 cm³/mol. The molecule has 0 spiro atoms. The summed E-state index contributed by atoms with van der Waals surface area (Å²) in [6, 6.07) is 5.42. The Kier molecular flexibility index (Phi) is 4.52. The molecular formula is C18H19N5O2S. The number of fused-ring (bicyclic) bond motifs is 1. The summed E-state index contributed by atoms with van der Waals surface area (Å²) in [5.74, 6) is 1.96. The zero-order chi connectivity index (χ0) is 18.1. The summed E-state index contributed by atoms with van der Waals surface area (Å²) >= 11 is 1.39. The predicted octanol–water partition coefficient (Wildman–Crippen LogP) is 2.79. The highest BCUT2D eigenvalue weighted by molar-refractivity contribution is 7.20. The third-order valence-electron chi connectivity index (χ3n) is 4.31. The van der Waals surface area contributed by atoms with Gasteiger partial charge in [-0.1, -0.05) is 6.07 Å². The lowest BCUT2D eigenvalue weighted by Gasteiger charge is -2.28. The molecule has 1 N–H and O–H groups in total. The van der Waals surface area contributed by atoms with Gasteiger partial charge in [-0.2, -0.15) is 0 Å². The molecule has 0 aromatic carbocycles. The van der Waals surface area contributed by atoms with Crippen molar-refractivity contribution < 1.29 is 9.53 Å². The number of hydrogen-bond donors (Lipinski definition) is 1. The summed E-state index contributed by atoms with van der Waals surface area (Å²) in [7, 11) is 0. The number of ether oxygens (including phenoxy) is 1. The lowest BCUT2D eigenvalue weighted by atomic mass is 10.2. The molecule has 0 aliphatic carbocycles. The van der Waals surface area contributed by atoms with Crippen molar-refractivity contribution >= 4 is 39.1 Å². The van der Waals surface area contributed by atoms with Crippen molar-refractivity contribution in [2.24, 2.45) is 0 Å². The Labute approximate surface area is 155 Å². The Hall–Kier alpha value is -2.58. The number of anilines is 2. The van der Waals surface area contributed by atoms with Crippen LogP contribution in [0.2, 0.25) is 0 Å². The quantitative estimate of drug-likeness (QED) is 0.765. The highest BCUT2D eigenvalue weighted by Crippen LogP contribution is 2.36. The van der Waals surface area contributed by atoms with Gasteiger partial charge in [-0.25, -0.2) is 15.0 Å². The first-order valence-corrected chi connectivity index (χ1v) is 9.28. The number of morpholine rings is 1. The third-order valence-corrected chi connectivity index (χ3v) is 5.49. The van der Waals surface area contributed by atoms with E-state index >= 15 is 0 Å². The van der Waals surface area contributed by atoms with Crippen molar-refractivity contribution in [1.29, 1.82) is 0 Å². The summed E-state index contributed by atoms with van der Waals surface area (Å²) in [5, 5.41) is 3.80. The van der Waals surface area contributed by atoms with E-state index in [-0.39, 0.29) is 5.91 Å². The lowest BCUT2D eigenvalue weighted by molar-refractivity contribution is 0.102. The van der Waals surface area contributed by atoms with Gasteiger partial charge in [0.25, 0.3) is 5.91 Å². The molecule has 134 valence electrons. The number of carbonyl (C=O) groups is 1. The topological polar surface area (TPSA) is 80.2 Å². The summed E-state index contributed by atoms with van der Waals surface area (Å²) in [6.07, 6.45) is 1.65. The number of nitrogens with one attached hydrogen (secondary N) is 1. The number of pyridine rings is 1. The van der Waals surface area contributed by atoms with Gasteiger partial charge in [0.05, 0.1) is 23.5 Å². The molecule has 4 heterocycles. The highest BCUT2D eigenvalue weighted by atomic mass is 32.1. The first-order valence-electron chi connectivity index (χ1n) is 8.46. The molecule has 1 aliphatic heterocycles. The van der Waals surface area contributed by atoms with Gasteiger partial charge in [0.2, 0.25) is 0 Å². The molecule has 0 unspecified atom stereocenters. The van der Waals surface area contributed by atoms with Crippen LogP contribution in [0.25, 0.3) is 10.2 Å². The molecule has 26 heavy (non-hydrogen) atoms. The first-order chi connectivity index (χ1) is 12.6. The Morgan fingerprint density at radius 2 is 2.04 bits per heavy atom. The standard InChI is InChI=1S/C18H19N5O2S/c1-11-14-16(23-7-9-25-10-8-23)20-12(2)21-18(14)26-15(11)17(24)22-13-5-3-4-6-19-13/h3-6H,7-10H2,1-2H3,(H,19,22,24). The second kappa shape index (κ2) is 6.97. The molecule has 1 saturated heterocycles. The molecule has 1 amide bonds. The van der Waals surface area contributed by atoms with Crippen molar-refractivity contribution in [1.82, 2.24) is 15.0 Å². The van der Waals surface area contributed by atoms with Crippen LogP contribution in [0.3, 0.4) is 0 Å². The molecule has 0 atom stereocenters. The van der Waals surface area contributed by atoms with Crippen LogP contribution in [0.4, 0.5) is 11.6 Å². The van der Waals surface area contributed by atoms with Crippen molar-refractivity contribution in [2.45, 2.75) is 13.8 Å². The Morgan fingerprint density at radius 1 is 1.23 bits per heavy atom. The van der Waals surface area contributed by atoms with Crippen LogP contribution >= 0.6 is 11.3 Å². The molecule has 7 nitrogen and oxygen atoms in total. The highest BCUT2D eigenvalue weighted by Gasteiger charge is 2.23. The Balaban J connectivity index is 1.75. The van der Waals surface area contributed by atoms with E-state index in [0.717, 1.165) is 34.7 Å². The van der Waals surface area contributed by atoms with E-state index in [1.54, 1.807) is 12.3 Å². The molecule has 4 rings (SSSR count). The lowest BCUT2D eigenvalue weighted by Crippen LogP contribution is -2.37. The zero-order valence-electron chi connectivity index (χ0n) is 14.7. The van der Waals surface area contributed by atoms with Crippen LogP contribution in [0.15, 0.2) is 24.4 Å². The summed E-state index contributed by atoms with van der Waals surface area (Å²) in [4.78, 5) is 29.8. The van der Waals surface area contributed by atoms with Crippen LogP contribution in [0, 0.1) is 13.8 Å². The summed E-state index contributed by atoms with van der Waals surface area (Å²) < 4.78 is 5.45. The van der Waals surface area contributed by atoms with E-state index < -0.39 is 0 Å². The molecule has 0 saturated carbocycles. The van der Waals surface area contributed by atoms with E-state index in [1.807, 2.05) is 26.0 Å². The Bertz CT molecular complexity index is 951. The number of nitrogens with zero attached hydrogens (tertiary/aromatic N) is 4. The number of amides is 1. The van der Waals surface area contributed by atoms with Crippen LogP contribution in [0.1, 0.15) is 21.1 Å². The average molecular weight is 369 g/mol. The van der Waals surface area contributed by atoms with Gasteiger partial charge >= 0.3 is 0 Å². The van der Waals surface area contributed by atoms with Gasteiger partial charge in [0.15, 0.2) is 0 Å². The van der Waals surface area contributed by atoms with Crippen LogP contribution in [-0.4, -0.2) is 47.2 Å². The maximum absolute atomic E-state index is 12.8. The summed E-state index contributed by atoms with van der Waals surface area (Å²) in [5.41, 5.74) is 0.903. The number of carbonyl (C=O) groups excluding carboxylic acids is 1. The monoisotopic (exact) mass is 369 g/mol. The summed E-state index contributed by atoms with van der Waals surface area (Å²) in [6.45, 7) is 6.77. The largest absolute Gasteiger partial charge is 0.378 e. The molecule has 0 radical (unpaired) electrons. The van der Waals surface area contributed by atoms with E-state index in [0.29, 0.717) is 29.7 Å². The number of aromatic nitrogens is 3. The fourth-order valence-electron chi connectivity index (χ4n) is 3.05. The van der Waals surface area contributed by atoms with Gasteiger partial charge < -0.3 is 15.0 Å². The minimum absolute atomic E-state index is 0.171. The van der Waals surface area contributed by atoms with Crippen molar-refractivity contribution in [3.8, 4) is 0 Å². The van der Waals surface area contributed by atoms with Gasteiger partial charge in [-0.05, 0) is 31.5 Å². The third kappa shape index (κ3) is 3.13. The molecule has 8 heteroatoms. The molecule has 3 aromatic rings. The first kappa shape index (κ1) is 16.9. The number of thiophene rings is 1. The van der Waals surface area contributed by atoms with Crippen LogP contribution in [-0.2, 0) is 4.74 Å². The van der Waals surface area contributed by atoms with E-state index in [9.17, 15) is 4.79 Å². The van der Waals surface area contributed by atoms with E-state index in [4.69, 9.17) is 4.74 Å². The second-order valence-electron chi connectivity index (χ2n) is 6.10. The molecular weight excluding hydrogens is 350 g/mol. The number of aryl methyl sites for hydroxylation is 2. The smallest absolute Gasteiger partial charge is 0.267 e. The molecule has 0 bridgehead atoms. The fourth-order valence-corrected chi connectivity index (χ4v) is 4.17. The molecule has 1 fully saturated rings. The number of rotatable bonds is 3. The minimum Gasteiger partial charge on any atom is -0.378 e. The SMILES string of the molecule is Cc1nc(N2CCOCC2)c2c(C)c(C(=O)Nc3ccccn3)sc2n1. The fraction of sp³-hybridized carbons (Fsp3) is 0.333. The molecule has 1 aliphatic rings. The Morgan fingerprint density at radius 3 is 2.77 bits per heavy atom. The van der Waals surface area contributed by atoms with Crippen LogP contribution < -0.4 is 10.2 Å². The van der Waals surface area contributed by atoms with Crippen molar-refractivity contribution in [2.75, 3.05) is 36.5 Å². The van der Waals surface area contributed by atoms with E-state index in [1.165, 1.54) is 11.3 Å². The van der Waals surface area contributed by atoms with Crippen LogP contribution in [0.5, 0.6) is 0 Å². The molecule has 3 aromatic heterocycles. The van der Waals surface area contributed by atoms with E-state index in [2.05, 4.69) is 25.2 Å². The van der Waals surface area contributed by atoms with Crippen molar-refractivity contribution in [3.63, 3.8) is 0 Å². The van der Waals surface area contributed by atoms with Crippen molar-refractivity contribution in [3.05, 3.63) is 40.7 Å². The number of hydrogen-bond acceptors (Lipinski definition) is 7. The van der Waals surface area contributed by atoms with Gasteiger partial charge in [-0.3, -0.25) is 4.79 Å². The second-order valence-corrected chi connectivity index (χ2v) is 7.10.